The third-order valence-corrected chi connectivity index (χ3v) is 2.89. The van der Waals surface area contributed by atoms with Crippen molar-refractivity contribution in [2.45, 2.75) is 84.1 Å². The van der Waals surface area contributed by atoms with Crippen LogP contribution >= 0.6 is 0 Å². The van der Waals surface area contributed by atoms with Crippen molar-refractivity contribution in [3.8, 4) is 0 Å². The van der Waals surface area contributed by atoms with Crippen molar-refractivity contribution >= 4 is 12.3 Å². The van der Waals surface area contributed by atoms with Crippen molar-refractivity contribution in [3.63, 3.8) is 0 Å². The van der Waals surface area contributed by atoms with Gasteiger partial charge in [0.2, 0.25) is 0 Å². The Hall–Kier alpha value is -0.940. The summed E-state index contributed by atoms with van der Waals surface area (Å²) in [7, 11) is 0. The molecule has 0 radical (unpaired) electrons. The first kappa shape index (κ1) is 21.4. The average Bonchev–Trinajstić information content (AvgIpc) is 2.44. The average molecular weight is 289 g/mol. The predicted octanol–water partition coefficient (Wildman–Crippen LogP) is 3.46. The highest BCUT2D eigenvalue weighted by Crippen LogP contribution is 2.05. The zero-order chi connectivity index (χ0) is 15.6. The van der Waals surface area contributed by atoms with Gasteiger partial charge in [0.05, 0.1) is 0 Å². The van der Waals surface area contributed by atoms with Crippen LogP contribution in [0.5, 0.6) is 0 Å². The van der Waals surface area contributed by atoms with Crippen LogP contribution in [0, 0.1) is 0 Å². The van der Waals surface area contributed by atoms with Crippen LogP contribution in [0.4, 0.5) is 0 Å². The Morgan fingerprint density at radius 2 is 1.85 bits per heavy atom. The van der Waals surface area contributed by atoms with E-state index in [1.165, 1.54) is 38.5 Å². The van der Waals surface area contributed by atoms with Crippen LogP contribution < -0.4 is 5.73 Å². The van der Waals surface area contributed by atoms with E-state index in [0.29, 0.717) is 25.3 Å². The highest BCUT2D eigenvalue weighted by Gasteiger charge is 1.99. The van der Waals surface area contributed by atoms with Crippen molar-refractivity contribution in [2.24, 2.45) is 5.73 Å². The van der Waals surface area contributed by atoms with Crippen LogP contribution in [0.15, 0.2) is 0 Å². The van der Waals surface area contributed by atoms with Crippen LogP contribution in [0.2, 0.25) is 0 Å². The second kappa shape index (κ2) is 18.1. The Labute approximate surface area is 122 Å². The van der Waals surface area contributed by atoms with Gasteiger partial charge in [0, 0.05) is 18.9 Å². The van der Waals surface area contributed by atoms with E-state index in [4.69, 9.17) is 11.0 Å². The molecule has 20 heavy (non-hydrogen) atoms. The molecular formula is C15H31NO4. The monoisotopic (exact) mass is 289 g/mol. The van der Waals surface area contributed by atoms with Gasteiger partial charge in [-0.1, -0.05) is 39.5 Å². The maximum absolute atomic E-state index is 10.2. The molecule has 1 unspecified atom stereocenters. The van der Waals surface area contributed by atoms with Gasteiger partial charge < -0.3 is 15.4 Å². The first-order valence-electron chi connectivity index (χ1n) is 7.65. The molecule has 3 N–H and O–H groups in total. The number of unbranched alkanes of at least 4 members (excludes halogenated alkanes) is 4. The molecule has 0 rings (SSSR count). The van der Waals surface area contributed by atoms with Crippen molar-refractivity contribution < 1.29 is 19.7 Å². The number of aldehydes is 1. The highest BCUT2D eigenvalue weighted by atomic mass is 17.1. The largest absolute Gasteiger partial charge is 0.342 e. The lowest BCUT2D eigenvalue weighted by Crippen LogP contribution is -2.18. The van der Waals surface area contributed by atoms with Gasteiger partial charge in [-0.05, 0) is 25.7 Å². The third-order valence-electron chi connectivity index (χ3n) is 2.89. The van der Waals surface area contributed by atoms with Crippen molar-refractivity contribution in [1.29, 1.82) is 0 Å². The van der Waals surface area contributed by atoms with Crippen molar-refractivity contribution in [1.82, 2.24) is 0 Å². The number of hydrogen-bond acceptors (Lipinski definition) is 5. The van der Waals surface area contributed by atoms with E-state index >= 15 is 0 Å². The SMILES string of the molecule is CCCCCC(N)CCC.O=CCCCCC(=O)OO. The Kier molecular flexibility index (Phi) is 19.3. The summed E-state index contributed by atoms with van der Waals surface area (Å²) in [4.78, 5) is 23.4. The van der Waals surface area contributed by atoms with Gasteiger partial charge in [-0.25, -0.2) is 4.79 Å². The summed E-state index contributed by atoms with van der Waals surface area (Å²) in [5.41, 5.74) is 5.82. The minimum Gasteiger partial charge on any atom is -0.328 e. The number of hydrogen-bond donors (Lipinski definition) is 2. The summed E-state index contributed by atoms with van der Waals surface area (Å²) >= 11 is 0. The predicted molar refractivity (Wildman–Crippen MR) is 80.3 cm³/mol. The molecule has 0 amide bonds. The summed E-state index contributed by atoms with van der Waals surface area (Å²) in [6.07, 6.45) is 10.3. The molecule has 0 saturated heterocycles. The summed E-state index contributed by atoms with van der Waals surface area (Å²) < 4.78 is 0. The number of carbonyl (C=O) groups is 2. The molecule has 120 valence electrons. The summed E-state index contributed by atoms with van der Waals surface area (Å²) in [5, 5.41) is 7.77. The molecule has 0 aromatic carbocycles. The molecule has 0 fully saturated rings. The maximum Gasteiger partial charge on any atom is 0.342 e. The van der Waals surface area contributed by atoms with Gasteiger partial charge in [0.1, 0.15) is 6.29 Å². The highest BCUT2D eigenvalue weighted by molar-refractivity contribution is 5.68. The lowest BCUT2D eigenvalue weighted by atomic mass is 10.1. The van der Waals surface area contributed by atoms with E-state index < -0.39 is 5.97 Å². The van der Waals surface area contributed by atoms with E-state index in [0.717, 1.165) is 6.29 Å². The summed E-state index contributed by atoms with van der Waals surface area (Å²) in [6, 6.07) is 0.469. The molecule has 1 atom stereocenters. The Balaban J connectivity index is 0. The smallest absolute Gasteiger partial charge is 0.328 e. The van der Waals surface area contributed by atoms with Crippen LogP contribution in [0.3, 0.4) is 0 Å². The fourth-order valence-electron chi connectivity index (χ4n) is 1.71. The Morgan fingerprint density at radius 1 is 1.15 bits per heavy atom. The Morgan fingerprint density at radius 3 is 2.35 bits per heavy atom. The zero-order valence-corrected chi connectivity index (χ0v) is 13.0. The second-order valence-corrected chi connectivity index (χ2v) is 4.92. The van der Waals surface area contributed by atoms with E-state index in [1.54, 1.807) is 0 Å². The van der Waals surface area contributed by atoms with Crippen LogP contribution in [0.1, 0.15) is 78.1 Å². The van der Waals surface area contributed by atoms with Crippen molar-refractivity contribution in [2.75, 3.05) is 0 Å². The molecule has 0 saturated carbocycles. The van der Waals surface area contributed by atoms with Crippen LogP contribution in [-0.2, 0) is 14.5 Å². The van der Waals surface area contributed by atoms with E-state index in [1.807, 2.05) is 0 Å². The van der Waals surface area contributed by atoms with Gasteiger partial charge >= 0.3 is 5.97 Å². The van der Waals surface area contributed by atoms with Crippen molar-refractivity contribution in [3.05, 3.63) is 0 Å². The molecule has 0 bridgehead atoms. The van der Waals surface area contributed by atoms with E-state index in [9.17, 15) is 9.59 Å². The fraction of sp³-hybridized carbons (Fsp3) is 0.867. The van der Waals surface area contributed by atoms with Gasteiger partial charge in [0.15, 0.2) is 0 Å². The third kappa shape index (κ3) is 19.4. The molecule has 0 aromatic heterocycles. The Bertz CT molecular complexity index is 222. The molecule has 0 aliphatic heterocycles. The normalized spacial score (nSPS) is 11.2. The summed E-state index contributed by atoms with van der Waals surface area (Å²) in [5.74, 6) is -0.647. The number of carbonyl (C=O) groups excluding carboxylic acids is 2. The lowest BCUT2D eigenvalue weighted by molar-refractivity contribution is -0.234. The number of nitrogens with two attached hydrogens (primary N) is 1. The van der Waals surface area contributed by atoms with Gasteiger partial charge in [-0.2, -0.15) is 5.26 Å². The molecule has 0 spiro atoms. The zero-order valence-electron chi connectivity index (χ0n) is 13.0. The van der Waals surface area contributed by atoms with Gasteiger partial charge in [-0.15, -0.1) is 0 Å². The van der Waals surface area contributed by atoms with Crippen LogP contribution in [-0.4, -0.2) is 23.6 Å². The molecular weight excluding hydrogens is 258 g/mol. The lowest BCUT2D eigenvalue weighted by Gasteiger charge is -2.08. The number of rotatable bonds is 11. The molecule has 0 aromatic rings. The topological polar surface area (TPSA) is 89.6 Å². The maximum atomic E-state index is 10.2. The quantitative estimate of drug-likeness (QED) is 0.263. The second-order valence-electron chi connectivity index (χ2n) is 4.92. The molecule has 0 aliphatic carbocycles. The molecule has 5 nitrogen and oxygen atoms in total. The fourth-order valence-corrected chi connectivity index (χ4v) is 1.71. The minimum absolute atomic E-state index is 0.171. The first-order valence-corrected chi connectivity index (χ1v) is 7.65. The minimum atomic E-state index is -0.647. The van der Waals surface area contributed by atoms with E-state index in [2.05, 4.69) is 18.7 Å². The summed E-state index contributed by atoms with van der Waals surface area (Å²) in [6.45, 7) is 4.42. The van der Waals surface area contributed by atoms with Gasteiger partial charge in [-0.3, -0.25) is 0 Å². The molecule has 0 aliphatic rings. The van der Waals surface area contributed by atoms with Crippen LogP contribution in [0.25, 0.3) is 0 Å². The first-order chi connectivity index (χ1) is 9.62. The molecule has 5 heteroatoms. The molecule has 0 heterocycles. The van der Waals surface area contributed by atoms with E-state index in [-0.39, 0.29) is 6.42 Å². The standard InChI is InChI=1S/C9H21N.C6H10O4/c1-3-5-6-8-9(10)7-4-2;7-5-3-1-2-4-6(8)10-9/h9H,3-8,10H2,1-2H3;5,9H,1-4H2. The van der Waals surface area contributed by atoms with Gasteiger partial charge in [0.25, 0.3) is 0 Å².